The standard InChI is InChI=1S/C33H40Cl2N2O5/c1-33(39,26-9-5-24(6-10-26)22-42-32-4-2-3-18-41-32)23-36-15-16-37(31(21-36)25-7-11-27(34)12-8-25)30-14-13-28(20-29(30)35)40-19-17-38/h5-14,20,31-32,38-39H,2-4,15-19,21-23H2,1H3/t31-,32?,33?/m0/s1. The number of rotatable bonds is 11. The molecule has 2 heterocycles. The van der Waals surface area contributed by atoms with E-state index >= 15 is 0 Å². The molecule has 5 rings (SSSR count). The first-order chi connectivity index (χ1) is 20.3. The van der Waals surface area contributed by atoms with Crippen LogP contribution in [0.3, 0.4) is 0 Å². The van der Waals surface area contributed by atoms with Crippen LogP contribution < -0.4 is 9.64 Å². The molecule has 3 aromatic rings. The van der Waals surface area contributed by atoms with E-state index < -0.39 is 5.60 Å². The molecular weight excluding hydrogens is 575 g/mol. The number of aliphatic hydroxyl groups is 2. The van der Waals surface area contributed by atoms with Gasteiger partial charge in [-0.25, -0.2) is 0 Å². The maximum absolute atomic E-state index is 11.6. The summed E-state index contributed by atoms with van der Waals surface area (Å²) in [6, 6.07) is 21.6. The summed E-state index contributed by atoms with van der Waals surface area (Å²) in [5.74, 6) is 0.621. The number of ether oxygens (including phenoxy) is 3. The first-order valence-electron chi connectivity index (χ1n) is 14.6. The van der Waals surface area contributed by atoms with Gasteiger partial charge in [0.25, 0.3) is 0 Å². The van der Waals surface area contributed by atoms with Crippen molar-refractivity contribution in [3.8, 4) is 5.75 Å². The van der Waals surface area contributed by atoms with Crippen LogP contribution >= 0.6 is 23.2 Å². The van der Waals surface area contributed by atoms with Gasteiger partial charge >= 0.3 is 0 Å². The zero-order valence-corrected chi connectivity index (χ0v) is 25.6. The smallest absolute Gasteiger partial charge is 0.158 e. The second-order valence-electron chi connectivity index (χ2n) is 11.3. The maximum Gasteiger partial charge on any atom is 0.158 e. The Kier molecular flexibility index (Phi) is 10.7. The Morgan fingerprint density at radius 1 is 1.00 bits per heavy atom. The zero-order chi connectivity index (χ0) is 29.5. The molecule has 0 aromatic heterocycles. The number of β-amino-alcohol motifs (C(OH)–C–C–N with tert-alkyl or cyclic N) is 1. The molecule has 2 aliphatic heterocycles. The van der Waals surface area contributed by atoms with E-state index in [-0.39, 0.29) is 25.5 Å². The Hall–Kier alpha value is -2.36. The molecule has 0 aliphatic carbocycles. The highest BCUT2D eigenvalue weighted by atomic mass is 35.5. The van der Waals surface area contributed by atoms with Gasteiger partial charge in [0.2, 0.25) is 0 Å². The molecule has 0 spiro atoms. The number of aliphatic hydroxyl groups excluding tert-OH is 1. The van der Waals surface area contributed by atoms with Crippen LogP contribution in [0.15, 0.2) is 66.7 Å². The van der Waals surface area contributed by atoms with Crippen molar-refractivity contribution in [2.24, 2.45) is 0 Å². The summed E-state index contributed by atoms with van der Waals surface area (Å²) >= 11 is 13.0. The van der Waals surface area contributed by atoms with Crippen molar-refractivity contribution in [2.75, 3.05) is 50.9 Å². The summed E-state index contributed by atoms with van der Waals surface area (Å²) in [5.41, 5.74) is 2.92. The molecule has 7 nitrogen and oxygen atoms in total. The van der Waals surface area contributed by atoms with Crippen molar-refractivity contribution in [1.82, 2.24) is 4.90 Å². The van der Waals surface area contributed by atoms with Gasteiger partial charge < -0.3 is 29.3 Å². The molecule has 2 fully saturated rings. The van der Waals surface area contributed by atoms with Gasteiger partial charge in [-0.1, -0.05) is 59.6 Å². The third kappa shape index (κ3) is 7.97. The molecule has 2 N–H and O–H groups in total. The summed E-state index contributed by atoms with van der Waals surface area (Å²) < 4.78 is 17.1. The van der Waals surface area contributed by atoms with Gasteiger partial charge in [0, 0.05) is 43.9 Å². The number of hydrogen-bond acceptors (Lipinski definition) is 7. The highest BCUT2D eigenvalue weighted by Gasteiger charge is 2.34. The van der Waals surface area contributed by atoms with Crippen LogP contribution in [-0.4, -0.2) is 67.4 Å². The fraction of sp³-hybridized carbons (Fsp3) is 0.455. The molecule has 0 bridgehead atoms. The van der Waals surface area contributed by atoms with Gasteiger partial charge in [-0.3, -0.25) is 4.90 Å². The molecular formula is C33H40Cl2N2O5. The molecule has 2 aliphatic rings. The van der Waals surface area contributed by atoms with Crippen molar-refractivity contribution < 1.29 is 24.4 Å². The monoisotopic (exact) mass is 614 g/mol. The van der Waals surface area contributed by atoms with Gasteiger partial charge in [-0.2, -0.15) is 0 Å². The van der Waals surface area contributed by atoms with E-state index in [1.54, 1.807) is 6.07 Å². The third-order valence-corrected chi connectivity index (χ3v) is 8.54. The first kappa shape index (κ1) is 31.1. The van der Waals surface area contributed by atoms with Gasteiger partial charge in [0.15, 0.2) is 6.29 Å². The molecule has 3 aromatic carbocycles. The van der Waals surface area contributed by atoms with Crippen molar-refractivity contribution in [3.05, 3.63) is 93.5 Å². The summed E-state index contributed by atoms with van der Waals surface area (Å²) in [5, 5.41) is 22.0. The average Bonchev–Trinajstić information content (AvgIpc) is 3.00. The molecule has 3 atom stereocenters. The Balaban J connectivity index is 1.28. The quantitative estimate of drug-likeness (QED) is 0.267. The number of halogens is 2. The molecule has 42 heavy (non-hydrogen) atoms. The number of piperazine rings is 1. The molecule has 0 saturated carbocycles. The van der Waals surface area contributed by atoms with E-state index in [4.69, 9.17) is 42.5 Å². The Bertz CT molecular complexity index is 1280. The van der Waals surface area contributed by atoms with Crippen molar-refractivity contribution in [3.63, 3.8) is 0 Å². The van der Waals surface area contributed by atoms with E-state index in [2.05, 4.69) is 9.80 Å². The molecule has 0 amide bonds. The summed E-state index contributed by atoms with van der Waals surface area (Å²) in [6.45, 7) is 5.95. The number of hydrogen-bond donors (Lipinski definition) is 2. The van der Waals surface area contributed by atoms with E-state index in [1.807, 2.05) is 67.6 Å². The minimum Gasteiger partial charge on any atom is -0.491 e. The minimum absolute atomic E-state index is 0.00458. The maximum atomic E-state index is 11.6. The van der Waals surface area contributed by atoms with Crippen LogP contribution in [0.25, 0.3) is 0 Å². The van der Waals surface area contributed by atoms with Gasteiger partial charge in [-0.15, -0.1) is 0 Å². The Morgan fingerprint density at radius 2 is 1.79 bits per heavy atom. The van der Waals surface area contributed by atoms with Crippen LogP contribution in [0.4, 0.5) is 5.69 Å². The predicted octanol–water partition coefficient (Wildman–Crippen LogP) is 6.18. The Labute approximate surface area is 258 Å². The van der Waals surface area contributed by atoms with Gasteiger partial charge in [0.05, 0.1) is 35.6 Å². The Morgan fingerprint density at radius 3 is 2.48 bits per heavy atom. The third-order valence-electron chi connectivity index (χ3n) is 7.99. The van der Waals surface area contributed by atoms with Crippen molar-refractivity contribution in [2.45, 2.75) is 50.7 Å². The fourth-order valence-electron chi connectivity index (χ4n) is 5.73. The van der Waals surface area contributed by atoms with E-state index in [1.165, 1.54) is 0 Å². The second-order valence-corrected chi connectivity index (χ2v) is 12.1. The number of benzene rings is 3. The van der Waals surface area contributed by atoms with E-state index in [0.29, 0.717) is 35.5 Å². The summed E-state index contributed by atoms with van der Waals surface area (Å²) in [7, 11) is 0. The number of anilines is 1. The highest BCUT2D eigenvalue weighted by molar-refractivity contribution is 6.33. The summed E-state index contributed by atoms with van der Waals surface area (Å²) in [4.78, 5) is 4.61. The first-order valence-corrected chi connectivity index (χ1v) is 15.4. The van der Waals surface area contributed by atoms with Crippen LogP contribution in [0.1, 0.15) is 48.9 Å². The lowest BCUT2D eigenvalue weighted by atomic mass is 9.93. The van der Waals surface area contributed by atoms with Crippen LogP contribution in [0.5, 0.6) is 5.75 Å². The lowest BCUT2D eigenvalue weighted by Crippen LogP contribution is -2.52. The highest BCUT2D eigenvalue weighted by Crippen LogP contribution is 2.38. The van der Waals surface area contributed by atoms with Crippen LogP contribution in [0.2, 0.25) is 10.0 Å². The van der Waals surface area contributed by atoms with Gasteiger partial charge in [0.1, 0.15) is 12.4 Å². The lowest BCUT2D eigenvalue weighted by Gasteiger charge is -2.45. The zero-order valence-electron chi connectivity index (χ0n) is 24.1. The molecule has 2 unspecified atom stereocenters. The summed E-state index contributed by atoms with van der Waals surface area (Å²) in [6.07, 6.45) is 3.05. The number of nitrogens with zero attached hydrogens (tertiary/aromatic N) is 2. The van der Waals surface area contributed by atoms with Crippen LogP contribution in [-0.2, 0) is 21.7 Å². The SMILES string of the molecule is CC(O)(CN1CCN(c2ccc(OCCO)cc2Cl)[C@H](c2ccc(Cl)cc2)C1)c1ccc(COC2CCCCO2)cc1. The van der Waals surface area contributed by atoms with Crippen molar-refractivity contribution >= 4 is 28.9 Å². The largest absolute Gasteiger partial charge is 0.491 e. The van der Waals surface area contributed by atoms with Crippen LogP contribution in [0, 0.1) is 0 Å². The second kappa shape index (κ2) is 14.4. The minimum atomic E-state index is -1.04. The lowest BCUT2D eigenvalue weighted by molar-refractivity contribution is -0.168. The average molecular weight is 616 g/mol. The molecule has 0 radical (unpaired) electrons. The van der Waals surface area contributed by atoms with E-state index in [9.17, 15) is 5.11 Å². The topological polar surface area (TPSA) is 74.6 Å². The fourth-order valence-corrected chi connectivity index (χ4v) is 6.14. The van der Waals surface area contributed by atoms with Crippen molar-refractivity contribution in [1.29, 1.82) is 0 Å². The van der Waals surface area contributed by atoms with Gasteiger partial charge in [-0.05, 0) is 67.1 Å². The molecule has 226 valence electrons. The molecule has 2 saturated heterocycles. The molecule has 9 heteroatoms. The normalized spacial score (nSPS) is 21.2. The van der Waals surface area contributed by atoms with E-state index in [0.717, 1.165) is 61.3 Å². The predicted molar refractivity (Wildman–Crippen MR) is 166 cm³/mol.